The molecular weight excluding hydrogens is 507 g/mol. The van der Waals surface area contributed by atoms with Crippen molar-refractivity contribution in [2.75, 3.05) is 24.5 Å². The van der Waals surface area contributed by atoms with Crippen molar-refractivity contribution < 1.29 is 9.59 Å². The molecule has 1 aromatic carbocycles. The first kappa shape index (κ1) is 27.7. The summed E-state index contributed by atoms with van der Waals surface area (Å²) in [5.74, 6) is 0.619. The molecule has 2 aromatic rings. The molecule has 0 atom stereocenters. The minimum Gasteiger partial charge on any atom is -0.349 e. The molecule has 6 nitrogen and oxygen atoms in total. The average Bonchev–Trinajstić information content (AvgIpc) is 3.05. The number of aromatic nitrogens is 1. The fourth-order valence-electron chi connectivity index (χ4n) is 5.86. The summed E-state index contributed by atoms with van der Waals surface area (Å²) in [5, 5.41) is 7.04. The molecular formula is C26H33Cl3N4O2. The topological polar surface area (TPSA) is 74.3 Å². The van der Waals surface area contributed by atoms with Gasteiger partial charge in [0.25, 0.3) is 5.91 Å². The maximum Gasteiger partial charge on any atom is 0.253 e. The molecule has 0 unspecified atom stereocenters. The number of aryl methyl sites for hydroxylation is 1. The van der Waals surface area contributed by atoms with Crippen LogP contribution in [0.25, 0.3) is 0 Å². The van der Waals surface area contributed by atoms with E-state index in [2.05, 4.69) is 38.7 Å². The third kappa shape index (κ3) is 5.31. The zero-order chi connectivity index (χ0) is 23.0. The summed E-state index contributed by atoms with van der Waals surface area (Å²) < 4.78 is 0. The number of carbonyl (C=O) groups excluding carboxylic acids is 2. The molecule has 2 amide bonds. The molecule has 0 bridgehead atoms. The highest BCUT2D eigenvalue weighted by Gasteiger charge is 2.51. The van der Waals surface area contributed by atoms with Crippen molar-refractivity contribution in [3.05, 3.63) is 58.4 Å². The average molecular weight is 540 g/mol. The van der Waals surface area contributed by atoms with Crippen LogP contribution in [0.3, 0.4) is 0 Å². The number of benzene rings is 1. The number of amides is 2. The van der Waals surface area contributed by atoms with Crippen LogP contribution in [0.2, 0.25) is 5.02 Å². The maximum atomic E-state index is 13.7. The zero-order valence-corrected chi connectivity index (χ0v) is 22.3. The van der Waals surface area contributed by atoms with E-state index in [1.54, 1.807) is 12.3 Å². The Hall–Kier alpha value is -1.86. The van der Waals surface area contributed by atoms with Crippen molar-refractivity contribution in [1.29, 1.82) is 0 Å². The minimum atomic E-state index is -0.351. The Labute approximate surface area is 224 Å². The fraction of sp³-hybridized carbons (Fsp3) is 0.500. The quantitative estimate of drug-likeness (QED) is 0.583. The van der Waals surface area contributed by atoms with Gasteiger partial charge in [-0.05, 0) is 82.2 Å². The van der Waals surface area contributed by atoms with Crippen LogP contribution in [-0.4, -0.2) is 42.5 Å². The van der Waals surface area contributed by atoms with E-state index in [-0.39, 0.29) is 48.1 Å². The molecule has 1 spiro atoms. The summed E-state index contributed by atoms with van der Waals surface area (Å²) in [7, 11) is 0. The lowest BCUT2D eigenvalue weighted by Crippen LogP contribution is -2.48. The molecule has 9 heteroatoms. The van der Waals surface area contributed by atoms with E-state index in [4.69, 9.17) is 11.6 Å². The molecule has 190 valence electrons. The standard InChI is InChI=1S/C26H31ClN4O2.2ClH/c1-17-21(14-19(27)15-29-17)24(32)30-20-8-6-18(7-9-20)16-31-23-5-3-2-4-22(23)26(25(31)33)10-12-28-13-11-26;;/h2-5,14-15,18,20,28H,6-13,16H2,1H3,(H,30,32);2*1H/t18-,20-;;. The van der Waals surface area contributed by atoms with E-state index < -0.39 is 0 Å². The van der Waals surface area contributed by atoms with E-state index in [0.29, 0.717) is 22.2 Å². The number of pyridine rings is 1. The summed E-state index contributed by atoms with van der Waals surface area (Å²) in [6.07, 6.45) is 7.14. The van der Waals surface area contributed by atoms with Gasteiger partial charge in [-0.15, -0.1) is 24.8 Å². The smallest absolute Gasteiger partial charge is 0.253 e. The first-order valence-corrected chi connectivity index (χ1v) is 12.4. The molecule has 2 N–H and O–H groups in total. The van der Waals surface area contributed by atoms with E-state index in [1.807, 2.05) is 13.0 Å². The van der Waals surface area contributed by atoms with Gasteiger partial charge in [-0.25, -0.2) is 0 Å². The summed E-state index contributed by atoms with van der Waals surface area (Å²) in [5.41, 5.74) is 3.18. The number of nitrogens with zero attached hydrogens (tertiary/aromatic N) is 2. The Balaban J connectivity index is 0.00000171. The summed E-state index contributed by atoms with van der Waals surface area (Å²) in [6, 6.07) is 10.2. The van der Waals surface area contributed by atoms with Gasteiger partial charge in [0.2, 0.25) is 5.91 Å². The van der Waals surface area contributed by atoms with Crippen LogP contribution >= 0.6 is 36.4 Å². The van der Waals surface area contributed by atoms with Crippen LogP contribution in [0.4, 0.5) is 5.69 Å². The molecule has 1 aliphatic carbocycles. The maximum absolute atomic E-state index is 13.7. The van der Waals surface area contributed by atoms with Crippen molar-refractivity contribution in [3.8, 4) is 0 Å². The number of fused-ring (bicyclic) bond motifs is 2. The summed E-state index contributed by atoms with van der Waals surface area (Å²) >= 11 is 6.03. The van der Waals surface area contributed by atoms with Crippen LogP contribution in [0.1, 0.15) is 60.1 Å². The second kappa shape index (κ2) is 11.5. The molecule has 0 radical (unpaired) electrons. The Morgan fingerprint density at radius 2 is 1.86 bits per heavy atom. The normalized spacial score (nSPS) is 22.7. The molecule has 3 heterocycles. The molecule has 1 aromatic heterocycles. The first-order chi connectivity index (χ1) is 16.0. The molecule has 2 fully saturated rings. The highest BCUT2D eigenvalue weighted by Crippen LogP contribution is 2.47. The van der Waals surface area contributed by atoms with Crippen LogP contribution in [0.5, 0.6) is 0 Å². The van der Waals surface area contributed by atoms with Crippen molar-refractivity contribution in [2.24, 2.45) is 5.92 Å². The van der Waals surface area contributed by atoms with Gasteiger partial charge in [0, 0.05) is 24.5 Å². The van der Waals surface area contributed by atoms with E-state index >= 15 is 0 Å². The Morgan fingerprint density at radius 3 is 2.57 bits per heavy atom. The first-order valence-electron chi connectivity index (χ1n) is 12.0. The number of hydrogen-bond acceptors (Lipinski definition) is 4. The molecule has 1 saturated carbocycles. The van der Waals surface area contributed by atoms with Crippen LogP contribution < -0.4 is 15.5 Å². The summed E-state index contributed by atoms with van der Waals surface area (Å²) in [6.45, 7) is 4.37. The predicted octanol–water partition coefficient (Wildman–Crippen LogP) is 4.84. The number of anilines is 1. The minimum absolute atomic E-state index is 0. The third-order valence-corrected chi connectivity index (χ3v) is 7.95. The second-order valence-corrected chi connectivity index (χ2v) is 10.2. The van der Waals surface area contributed by atoms with Gasteiger partial charge in [0.1, 0.15) is 0 Å². The number of halogens is 3. The molecule has 3 aliphatic rings. The Morgan fingerprint density at radius 1 is 1.17 bits per heavy atom. The second-order valence-electron chi connectivity index (χ2n) is 9.74. The number of piperidine rings is 1. The Bertz CT molecular complexity index is 1070. The number of hydrogen-bond donors (Lipinski definition) is 2. The SMILES string of the molecule is Cc1ncc(Cl)cc1C(=O)N[C@H]1CC[C@H](CN2C(=O)C3(CCNCC3)c3ccccc32)CC1.Cl.Cl. The fourth-order valence-corrected chi connectivity index (χ4v) is 6.02. The molecule has 5 rings (SSSR count). The van der Waals surface area contributed by atoms with Gasteiger partial charge in [0.15, 0.2) is 0 Å². The highest BCUT2D eigenvalue weighted by molar-refractivity contribution is 6.30. The lowest BCUT2D eigenvalue weighted by molar-refractivity contribution is -0.124. The van der Waals surface area contributed by atoms with Gasteiger partial charge < -0.3 is 15.5 Å². The number of rotatable bonds is 4. The van der Waals surface area contributed by atoms with Crippen molar-refractivity contribution in [3.63, 3.8) is 0 Å². The van der Waals surface area contributed by atoms with Gasteiger partial charge in [-0.2, -0.15) is 0 Å². The van der Waals surface area contributed by atoms with Crippen molar-refractivity contribution in [1.82, 2.24) is 15.6 Å². The zero-order valence-electron chi connectivity index (χ0n) is 19.9. The van der Waals surface area contributed by atoms with E-state index in [1.165, 1.54) is 5.56 Å². The molecule has 1 saturated heterocycles. The van der Waals surface area contributed by atoms with Gasteiger partial charge in [0.05, 0.1) is 21.7 Å². The van der Waals surface area contributed by atoms with Gasteiger partial charge >= 0.3 is 0 Å². The molecule has 35 heavy (non-hydrogen) atoms. The predicted molar refractivity (Wildman–Crippen MR) is 144 cm³/mol. The molecule has 2 aliphatic heterocycles. The van der Waals surface area contributed by atoms with Crippen LogP contribution in [0, 0.1) is 12.8 Å². The Kier molecular flexibility index (Phi) is 9.08. The van der Waals surface area contributed by atoms with Crippen LogP contribution in [-0.2, 0) is 10.2 Å². The number of carbonyl (C=O) groups is 2. The van der Waals surface area contributed by atoms with Crippen LogP contribution in [0.15, 0.2) is 36.5 Å². The van der Waals surface area contributed by atoms with Gasteiger partial charge in [-0.1, -0.05) is 29.8 Å². The lowest BCUT2D eigenvalue weighted by Gasteiger charge is -2.35. The number of para-hydroxylation sites is 1. The third-order valence-electron chi connectivity index (χ3n) is 7.74. The van der Waals surface area contributed by atoms with Gasteiger partial charge in [-0.3, -0.25) is 14.6 Å². The number of nitrogens with one attached hydrogen (secondary N) is 2. The van der Waals surface area contributed by atoms with E-state index in [9.17, 15) is 9.59 Å². The monoisotopic (exact) mass is 538 g/mol. The highest BCUT2D eigenvalue weighted by atomic mass is 35.5. The largest absolute Gasteiger partial charge is 0.349 e. The van der Waals surface area contributed by atoms with Crippen molar-refractivity contribution >= 4 is 53.9 Å². The van der Waals surface area contributed by atoms with Crippen molar-refractivity contribution in [2.45, 2.75) is 56.9 Å². The van der Waals surface area contributed by atoms with E-state index in [0.717, 1.165) is 63.8 Å². The summed E-state index contributed by atoms with van der Waals surface area (Å²) in [4.78, 5) is 32.6. The lowest BCUT2D eigenvalue weighted by atomic mass is 9.74.